The van der Waals surface area contributed by atoms with Crippen LogP contribution >= 0.6 is 46.4 Å². The van der Waals surface area contributed by atoms with E-state index >= 15 is 0 Å². The molecule has 3 aromatic carbocycles. The van der Waals surface area contributed by atoms with Crippen LogP contribution in [0, 0.1) is 0 Å². The second-order valence-electron chi connectivity index (χ2n) is 6.14. The zero-order chi connectivity index (χ0) is 21.6. The normalized spacial score (nSPS) is 13.8. The van der Waals surface area contributed by atoms with Crippen molar-refractivity contribution in [2.75, 3.05) is 0 Å². The van der Waals surface area contributed by atoms with Crippen LogP contribution in [-0.2, 0) is 14.9 Å². The zero-order valence-corrected chi connectivity index (χ0v) is 18.1. The SMILES string of the molecule is O=S(=O)(O)C(c1ccc(O)cc1)(c1cc(Cl)cc(Cl)c1)c1c(O)cc(Cl)cc1Cl. The van der Waals surface area contributed by atoms with Crippen LogP contribution in [0.15, 0.2) is 54.6 Å². The average molecular weight is 494 g/mol. The molecule has 152 valence electrons. The molecule has 0 aliphatic carbocycles. The number of aromatic hydroxyl groups is 2. The molecule has 3 aromatic rings. The van der Waals surface area contributed by atoms with Crippen molar-refractivity contribution in [3.63, 3.8) is 0 Å². The van der Waals surface area contributed by atoms with Crippen molar-refractivity contribution in [3.05, 3.63) is 91.4 Å². The van der Waals surface area contributed by atoms with E-state index in [4.69, 9.17) is 46.4 Å². The lowest BCUT2D eigenvalue weighted by molar-refractivity contribution is 0.440. The molecule has 0 bridgehead atoms. The van der Waals surface area contributed by atoms with Crippen molar-refractivity contribution in [1.29, 1.82) is 0 Å². The van der Waals surface area contributed by atoms with Crippen LogP contribution in [0.3, 0.4) is 0 Å². The van der Waals surface area contributed by atoms with Gasteiger partial charge in [-0.25, -0.2) is 0 Å². The maximum atomic E-state index is 13.0. The number of rotatable bonds is 4. The minimum atomic E-state index is -5.08. The van der Waals surface area contributed by atoms with Gasteiger partial charge in [0.1, 0.15) is 11.5 Å². The first-order valence-electron chi connectivity index (χ1n) is 7.88. The van der Waals surface area contributed by atoms with Gasteiger partial charge in [-0.2, -0.15) is 8.42 Å². The van der Waals surface area contributed by atoms with Crippen molar-refractivity contribution < 1.29 is 23.2 Å². The number of phenols is 2. The Morgan fingerprint density at radius 3 is 1.72 bits per heavy atom. The smallest absolute Gasteiger partial charge is 0.283 e. The summed E-state index contributed by atoms with van der Waals surface area (Å²) in [6.45, 7) is 0. The van der Waals surface area contributed by atoms with Gasteiger partial charge in [-0.15, -0.1) is 0 Å². The number of hydrogen-bond acceptors (Lipinski definition) is 4. The molecule has 0 aliphatic rings. The highest BCUT2D eigenvalue weighted by molar-refractivity contribution is 7.87. The van der Waals surface area contributed by atoms with Crippen molar-refractivity contribution in [3.8, 4) is 11.5 Å². The van der Waals surface area contributed by atoms with Crippen LogP contribution in [0.25, 0.3) is 0 Å². The Kier molecular flexibility index (Phi) is 5.98. The lowest BCUT2D eigenvalue weighted by atomic mass is 9.83. The molecule has 0 spiro atoms. The summed E-state index contributed by atoms with van der Waals surface area (Å²) in [5.74, 6) is -0.724. The van der Waals surface area contributed by atoms with Gasteiger partial charge in [-0.3, -0.25) is 4.55 Å². The molecule has 0 aliphatic heterocycles. The molecular weight excluding hydrogens is 482 g/mol. The van der Waals surface area contributed by atoms with Gasteiger partial charge in [0.2, 0.25) is 0 Å². The van der Waals surface area contributed by atoms with Gasteiger partial charge in [-0.05, 0) is 53.6 Å². The molecule has 0 saturated carbocycles. The summed E-state index contributed by atoms with van der Waals surface area (Å²) in [6, 6.07) is 11.2. The van der Waals surface area contributed by atoms with Gasteiger partial charge in [0.15, 0.2) is 4.75 Å². The quantitative estimate of drug-likeness (QED) is 0.311. The van der Waals surface area contributed by atoms with E-state index in [9.17, 15) is 23.2 Å². The first-order chi connectivity index (χ1) is 13.5. The van der Waals surface area contributed by atoms with E-state index in [1.165, 1.54) is 48.5 Å². The van der Waals surface area contributed by atoms with Gasteiger partial charge >= 0.3 is 0 Å². The van der Waals surface area contributed by atoms with E-state index in [2.05, 4.69) is 0 Å². The Morgan fingerprint density at radius 2 is 1.24 bits per heavy atom. The molecule has 0 fully saturated rings. The van der Waals surface area contributed by atoms with Crippen molar-refractivity contribution in [1.82, 2.24) is 0 Å². The predicted octanol–water partition coefficient (Wildman–Crippen LogP) is 5.89. The summed E-state index contributed by atoms with van der Waals surface area (Å²) in [6.07, 6.45) is 0. The van der Waals surface area contributed by atoms with Crippen molar-refractivity contribution in [2.45, 2.75) is 4.75 Å². The number of halogens is 4. The second kappa shape index (κ2) is 7.87. The topological polar surface area (TPSA) is 94.8 Å². The third-order valence-corrected chi connectivity index (χ3v) is 6.72. The number of phenolic OH excluding ortho intramolecular Hbond substituents is 2. The molecule has 1 atom stereocenters. The standard InChI is InChI=1S/C19H12Cl4O5S/c20-12-5-11(6-13(21)7-12)19(29(26,27)28,10-1-3-15(24)4-2-10)18-16(23)8-14(22)9-17(18)25/h1-9,24-25H,(H,26,27,28). The minimum Gasteiger partial charge on any atom is -0.508 e. The Bertz CT molecular complexity index is 1150. The van der Waals surface area contributed by atoms with Crippen LogP contribution in [0.5, 0.6) is 11.5 Å². The molecule has 0 heterocycles. The van der Waals surface area contributed by atoms with Gasteiger partial charge in [0.05, 0.1) is 5.02 Å². The van der Waals surface area contributed by atoms with E-state index in [0.717, 1.165) is 6.07 Å². The van der Waals surface area contributed by atoms with Crippen molar-refractivity contribution in [2.24, 2.45) is 0 Å². The fourth-order valence-corrected chi connectivity index (χ4v) is 5.77. The molecule has 0 saturated heterocycles. The Hall–Kier alpha value is -1.67. The fraction of sp³-hybridized carbons (Fsp3) is 0.0526. The van der Waals surface area contributed by atoms with E-state index in [1.54, 1.807) is 0 Å². The van der Waals surface area contributed by atoms with Crippen LogP contribution < -0.4 is 0 Å². The Balaban J connectivity index is 2.61. The third-order valence-electron chi connectivity index (χ3n) is 4.32. The molecular formula is C19H12Cl4O5S. The van der Waals surface area contributed by atoms with E-state index < -0.39 is 20.6 Å². The third kappa shape index (κ3) is 3.89. The Morgan fingerprint density at radius 1 is 0.724 bits per heavy atom. The largest absolute Gasteiger partial charge is 0.508 e. The van der Waals surface area contributed by atoms with Gasteiger partial charge in [0, 0.05) is 20.6 Å². The maximum Gasteiger partial charge on any atom is 0.283 e. The highest BCUT2D eigenvalue weighted by atomic mass is 35.5. The zero-order valence-electron chi connectivity index (χ0n) is 14.3. The summed E-state index contributed by atoms with van der Waals surface area (Å²) in [7, 11) is -5.08. The van der Waals surface area contributed by atoms with Crippen LogP contribution in [-0.4, -0.2) is 23.2 Å². The molecule has 0 amide bonds. The second-order valence-corrected chi connectivity index (χ2v) is 9.42. The summed E-state index contributed by atoms with van der Waals surface area (Å²) in [5.41, 5.74) is -0.464. The van der Waals surface area contributed by atoms with Gasteiger partial charge < -0.3 is 10.2 Å². The van der Waals surface area contributed by atoms with Crippen LogP contribution in [0.2, 0.25) is 20.1 Å². The van der Waals surface area contributed by atoms with Crippen LogP contribution in [0.4, 0.5) is 0 Å². The lowest BCUT2D eigenvalue weighted by Crippen LogP contribution is -2.38. The van der Waals surface area contributed by atoms with E-state index in [0.29, 0.717) is 0 Å². The maximum absolute atomic E-state index is 13.0. The first-order valence-corrected chi connectivity index (χ1v) is 10.8. The van der Waals surface area contributed by atoms with E-state index in [-0.39, 0.29) is 42.5 Å². The van der Waals surface area contributed by atoms with E-state index in [1.807, 2.05) is 0 Å². The first kappa shape index (κ1) is 22.0. The summed E-state index contributed by atoms with van der Waals surface area (Å²) >= 11 is 24.4. The fourth-order valence-electron chi connectivity index (χ4n) is 3.24. The van der Waals surface area contributed by atoms with Crippen LogP contribution in [0.1, 0.15) is 16.7 Å². The molecule has 5 nitrogen and oxygen atoms in total. The Labute approximate surface area is 186 Å². The highest BCUT2D eigenvalue weighted by Crippen LogP contribution is 2.51. The van der Waals surface area contributed by atoms with Gasteiger partial charge in [-0.1, -0.05) is 58.5 Å². The highest BCUT2D eigenvalue weighted by Gasteiger charge is 2.51. The monoisotopic (exact) mass is 492 g/mol. The predicted molar refractivity (Wildman–Crippen MR) is 114 cm³/mol. The summed E-state index contributed by atoms with van der Waals surface area (Å²) in [5, 5.41) is 20.3. The summed E-state index contributed by atoms with van der Waals surface area (Å²) < 4.78 is 34.0. The number of hydrogen-bond donors (Lipinski definition) is 3. The molecule has 10 heteroatoms. The van der Waals surface area contributed by atoms with Gasteiger partial charge in [0.25, 0.3) is 10.1 Å². The molecule has 0 aromatic heterocycles. The lowest BCUT2D eigenvalue weighted by Gasteiger charge is -2.34. The van der Waals surface area contributed by atoms with Crippen molar-refractivity contribution >= 4 is 56.5 Å². The number of benzene rings is 3. The molecule has 1 unspecified atom stereocenters. The molecule has 0 radical (unpaired) electrons. The summed E-state index contributed by atoms with van der Waals surface area (Å²) in [4.78, 5) is 0. The molecule has 29 heavy (non-hydrogen) atoms. The molecule has 3 rings (SSSR count). The average Bonchev–Trinajstić information content (AvgIpc) is 2.57. The minimum absolute atomic E-state index is 0.0318. The molecule has 3 N–H and O–H groups in total.